The van der Waals surface area contributed by atoms with Gasteiger partial charge in [-0.3, -0.25) is 14.4 Å². The molecule has 0 radical (unpaired) electrons. The molecular formula is C33H43NO6. The molecule has 5 rings (SSSR count). The molecule has 0 heterocycles. The molecule has 0 bridgehead atoms. The number of ether oxygens (including phenoxy) is 2. The Labute approximate surface area is 237 Å². The maximum atomic E-state index is 12.9. The highest BCUT2D eigenvalue weighted by Crippen LogP contribution is 2.65. The molecule has 0 aromatic heterocycles. The third-order valence-corrected chi connectivity index (χ3v) is 10.8. The second kappa shape index (κ2) is 11.5. The number of carbonyl (C=O) groups excluding carboxylic acids is 4. The second-order valence-corrected chi connectivity index (χ2v) is 12.9. The number of amides is 1. The van der Waals surface area contributed by atoms with Gasteiger partial charge >= 0.3 is 11.9 Å². The van der Waals surface area contributed by atoms with Crippen molar-refractivity contribution in [1.29, 1.82) is 0 Å². The fraction of sp³-hybridized carbons (Fsp3) is 0.636. The summed E-state index contributed by atoms with van der Waals surface area (Å²) in [7, 11) is 1.30. The molecule has 40 heavy (non-hydrogen) atoms. The molecule has 1 amide bonds. The molecule has 216 valence electrons. The van der Waals surface area contributed by atoms with E-state index in [2.05, 4.69) is 19.2 Å². The lowest BCUT2D eigenvalue weighted by atomic mass is 9.47. The standard InChI is InChI=1S/C33H43NO6/c1-32-17-15-23(35)20-22(32)9-10-24-25-11-12-28(33(25,2)18-16-26(24)32)40-30(37)14-13-29(36)34-27(31(38)39-3)19-21-7-5-4-6-8-21/h4-8,20,24-28H,9-19H2,1-3H3,(H,34,36)/t24-,25-,26+,27+,28-,32-,33-/m0/s1. The highest BCUT2D eigenvalue weighted by Gasteiger charge is 2.60. The lowest BCUT2D eigenvalue weighted by Gasteiger charge is -2.57. The van der Waals surface area contributed by atoms with E-state index in [4.69, 9.17) is 9.47 Å². The number of esters is 2. The van der Waals surface area contributed by atoms with Crippen molar-refractivity contribution in [2.75, 3.05) is 7.11 Å². The van der Waals surface area contributed by atoms with Gasteiger partial charge in [-0.25, -0.2) is 4.79 Å². The highest BCUT2D eigenvalue weighted by atomic mass is 16.5. The van der Waals surface area contributed by atoms with Crippen LogP contribution in [0.2, 0.25) is 0 Å². The van der Waals surface area contributed by atoms with E-state index in [9.17, 15) is 19.2 Å². The summed E-state index contributed by atoms with van der Waals surface area (Å²) in [6, 6.07) is 8.62. The predicted octanol–water partition coefficient (Wildman–Crippen LogP) is 5.11. The maximum Gasteiger partial charge on any atom is 0.328 e. The molecule has 0 aliphatic heterocycles. The minimum absolute atomic E-state index is 0.0192. The number of ketones is 1. The molecule has 7 nitrogen and oxygen atoms in total. The number of hydrogen-bond acceptors (Lipinski definition) is 6. The van der Waals surface area contributed by atoms with Crippen LogP contribution in [0, 0.1) is 28.6 Å². The maximum absolute atomic E-state index is 12.9. The Morgan fingerprint density at radius 3 is 2.50 bits per heavy atom. The van der Waals surface area contributed by atoms with Gasteiger partial charge in [0.25, 0.3) is 0 Å². The van der Waals surface area contributed by atoms with E-state index in [-0.39, 0.29) is 47.4 Å². The van der Waals surface area contributed by atoms with Crippen LogP contribution in [0.3, 0.4) is 0 Å². The SMILES string of the molecule is COC(=O)[C@@H](Cc1ccccc1)NC(=O)CCC(=O)O[C@H]1CC[C@H]2[C@@H]3CCC4=CC(=O)CC[C@]4(C)[C@@H]3CC[C@]12C. The van der Waals surface area contributed by atoms with Gasteiger partial charge in [-0.1, -0.05) is 49.8 Å². The van der Waals surface area contributed by atoms with Crippen LogP contribution < -0.4 is 5.32 Å². The first-order valence-corrected chi connectivity index (χ1v) is 15.0. The third-order valence-electron chi connectivity index (χ3n) is 10.8. The monoisotopic (exact) mass is 549 g/mol. The smallest absolute Gasteiger partial charge is 0.328 e. The van der Waals surface area contributed by atoms with E-state index in [1.54, 1.807) is 0 Å². The first kappa shape index (κ1) is 28.6. The average molecular weight is 550 g/mol. The fourth-order valence-electron chi connectivity index (χ4n) is 8.59. The van der Waals surface area contributed by atoms with E-state index < -0.39 is 12.0 Å². The normalized spacial score (nSPS) is 33.5. The van der Waals surface area contributed by atoms with Crippen LogP contribution in [0.15, 0.2) is 42.0 Å². The summed E-state index contributed by atoms with van der Waals surface area (Å²) in [4.78, 5) is 49.9. The molecule has 1 aromatic carbocycles. The summed E-state index contributed by atoms with van der Waals surface area (Å²) in [6.07, 6.45) is 9.87. The molecular weight excluding hydrogens is 506 g/mol. The molecule has 3 saturated carbocycles. The summed E-state index contributed by atoms with van der Waals surface area (Å²) < 4.78 is 10.9. The quantitative estimate of drug-likeness (QED) is 0.453. The van der Waals surface area contributed by atoms with Crippen LogP contribution in [0.25, 0.3) is 0 Å². The van der Waals surface area contributed by atoms with Gasteiger partial charge in [-0.15, -0.1) is 0 Å². The zero-order chi connectivity index (χ0) is 28.5. The predicted molar refractivity (Wildman–Crippen MR) is 150 cm³/mol. The first-order chi connectivity index (χ1) is 19.1. The number of methoxy groups -OCH3 is 1. The Morgan fingerprint density at radius 2 is 1.75 bits per heavy atom. The van der Waals surface area contributed by atoms with E-state index in [0.717, 1.165) is 50.5 Å². The summed E-state index contributed by atoms with van der Waals surface area (Å²) in [5.74, 6) is 0.753. The molecule has 4 aliphatic rings. The van der Waals surface area contributed by atoms with Crippen molar-refractivity contribution in [2.45, 2.75) is 96.6 Å². The molecule has 1 N–H and O–H groups in total. The van der Waals surface area contributed by atoms with Crippen molar-refractivity contribution in [1.82, 2.24) is 5.32 Å². The number of nitrogens with one attached hydrogen (secondary N) is 1. The lowest BCUT2D eigenvalue weighted by molar-refractivity contribution is -0.160. The van der Waals surface area contributed by atoms with Gasteiger partial charge in [0.05, 0.1) is 13.5 Å². The van der Waals surface area contributed by atoms with Crippen LogP contribution in [0.5, 0.6) is 0 Å². The van der Waals surface area contributed by atoms with Crippen molar-refractivity contribution in [3.05, 3.63) is 47.5 Å². The number of benzene rings is 1. The number of hydrogen-bond donors (Lipinski definition) is 1. The minimum Gasteiger partial charge on any atom is -0.467 e. The zero-order valence-electron chi connectivity index (χ0n) is 24.1. The molecule has 0 spiro atoms. The van der Waals surface area contributed by atoms with Crippen LogP contribution in [0.4, 0.5) is 0 Å². The molecule has 7 heteroatoms. The van der Waals surface area contributed by atoms with Gasteiger partial charge in [0.2, 0.25) is 5.91 Å². The molecule has 3 fully saturated rings. The van der Waals surface area contributed by atoms with Crippen molar-refractivity contribution >= 4 is 23.6 Å². The molecule has 0 saturated heterocycles. The second-order valence-electron chi connectivity index (χ2n) is 12.9. The van der Waals surface area contributed by atoms with Crippen molar-refractivity contribution in [3.8, 4) is 0 Å². The fourth-order valence-corrected chi connectivity index (χ4v) is 8.59. The molecule has 4 aliphatic carbocycles. The summed E-state index contributed by atoms with van der Waals surface area (Å²) in [5, 5.41) is 2.73. The third kappa shape index (κ3) is 5.48. The largest absolute Gasteiger partial charge is 0.467 e. The van der Waals surface area contributed by atoms with Crippen LogP contribution >= 0.6 is 0 Å². The summed E-state index contributed by atoms with van der Waals surface area (Å²) in [6.45, 7) is 4.68. The van der Waals surface area contributed by atoms with E-state index >= 15 is 0 Å². The van der Waals surface area contributed by atoms with Gasteiger partial charge in [-0.05, 0) is 79.8 Å². The molecule has 7 atom stereocenters. The van der Waals surface area contributed by atoms with Gasteiger partial charge in [0, 0.05) is 24.7 Å². The van der Waals surface area contributed by atoms with E-state index in [1.165, 1.54) is 12.7 Å². The van der Waals surface area contributed by atoms with Crippen molar-refractivity contribution in [2.24, 2.45) is 28.6 Å². The first-order valence-electron chi connectivity index (χ1n) is 15.0. The summed E-state index contributed by atoms with van der Waals surface area (Å²) >= 11 is 0. The molecule has 1 aromatic rings. The van der Waals surface area contributed by atoms with Crippen molar-refractivity contribution in [3.63, 3.8) is 0 Å². The Kier molecular flexibility index (Phi) is 8.21. The van der Waals surface area contributed by atoms with Gasteiger partial charge in [0.1, 0.15) is 12.1 Å². The topological polar surface area (TPSA) is 98.8 Å². The lowest BCUT2D eigenvalue weighted by Crippen LogP contribution is -2.51. The molecule has 0 unspecified atom stereocenters. The van der Waals surface area contributed by atoms with Crippen molar-refractivity contribution < 1.29 is 28.7 Å². The van der Waals surface area contributed by atoms with Gasteiger partial charge < -0.3 is 14.8 Å². The number of fused-ring (bicyclic) bond motifs is 5. The Morgan fingerprint density at radius 1 is 0.975 bits per heavy atom. The van der Waals surface area contributed by atoms with Gasteiger partial charge in [-0.2, -0.15) is 0 Å². The number of rotatable bonds is 8. The average Bonchev–Trinajstić information content (AvgIpc) is 3.27. The van der Waals surface area contributed by atoms with Crippen LogP contribution in [-0.4, -0.2) is 42.9 Å². The Balaban J connectivity index is 1.15. The van der Waals surface area contributed by atoms with Crippen LogP contribution in [0.1, 0.15) is 83.6 Å². The minimum atomic E-state index is -0.810. The number of carbonyl (C=O) groups is 4. The van der Waals surface area contributed by atoms with E-state index in [1.807, 2.05) is 36.4 Å². The van der Waals surface area contributed by atoms with Gasteiger partial charge in [0.15, 0.2) is 5.78 Å². The van der Waals surface area contributed by atoms with E-state index in [0.29, 0.717) is 30.6 Å². The summed E-state index contributed by atoms with van der Waals surface area (Å²) in [5.41, 5.74) is 2.36. The van der Waals surface area contributed by atoms with Crippen LogP contribution in [-0.2, 0) is 35.1 Å². The number of allylic oxidation sites excluding steroid dienone is 1. The Hall–Kier alpha value is -2.96. The highest BCUT2D eigenvalue weighted by molar-refractivity contribution is 5.91. The zero-order valence-corrected chi connectivity index (χ0v) is 24.1. The Bertz CT molecular complexity index is 1180.